The molecule has 0 spiro atoms. The van der Waals surface area contributed by atoms with E-state index in [1.165, 1.54) is 0 Å². The molecular formula is C15H29N3O3. The number of aliphatic carboxylic acids is 1. The second kappa shape index (κ2) is 7.64. The number of rotatable bonds is 6. The molecule has 21 heavy (non-hydrogen) atoms. The van der Waals surface area contributed by atoms with Gasteiger partial charge in [0, 0.05) is 25.7 Å². The van der Waals surface area contributed by atoms with Crippen LogP contribution in [0.15, 0.2) is 0 Å². The van der Waals surface area contributed by atoms with Gasteiger partial charge < -0.3 is 20.2 Å². The molecule has 0 bridgehead atoms. The van der Waals surface area contributed by atoms with Crippen molar-refractivity contribution in [3.8, 4) is 0 Å². The maximum Gasteiger partial charge on any atom is 0.317 e. The highest BCUT2D eigenvalue weighted by atomic mass is 16.4. The van der Waals surface area contributed by atoms with E-state index in [0.717, 1.165) is 6.54 Å². The van der Waals surface area contributed by atoms with Gasteiger partial charge in [0.2, 0.25) is 0 Å². The van der Waals surface area contributed by atoms with E-state index in [1.807, 2.05) is 27.9 Å². The lowest BCUT2D eigenvalue weighted by molar-refractivity contribution is -0.142. The summed E-state index contributed by atoms with van der Waals surface area (Å²) in [5.41, 5.74) is 0. The number of likely N-dealkylation sites (N-methyl/N-ethyl adjacent to an activating group) is 1. The van der Waals surface area contributed by atoms with Crippen molar-refractivity contribution in [2.75, 3.05) is 33.7 Å². The van der Waals surface area contributed by atoms with Gasteiger partial charge in [-0.05, 0) is 32.4 Å². The first-order chi connectivity index (χ1) is 9.72. The third kappa shape index (κ3) is 5.19. The van der Waals surface area contributed by atoms with Crippen molar-refractivity contribution >= 4 is 12.0 Å². The number of hydrogen-bond acceptors (Lipinski definition) is 3. The molecule has 6 heteroatoms. The van der Waals surface area contributed by atoms with E-state index >= 15 is 0 Å². The van der Waals surface area contributed by atoms with Crippen molar-refractivity contribution in [2.24, 2.45) is 17.8 Å². The summed E-state index contributed by atoms with van der Waals surface area (Å²) < 4.78 is 0. The molecule has 2 N–H and O–H groups in total. The van der Waals surface area contributed by atoms with Crippen molar-refractivity contribution in [1.82, 2.24) is 15.1 Å². The fourth-order valence-electron chi connectivity index (χ4n) is 2.95. The first-order valence-electron chi connectivity index (χ1n) is 7.64. The number of nitrogens with zero attached hydrogens (tertiary/aromatic N) is 2. The van der Waals surface area contributed by atoms with Crippen LogP contribution < -0.4 is 5.32 Å². The van der Waals surface area contributed by atoms with E-state index in [0.29, 0.717) is 30.8 Å². The van der Waals surface area contributed by atoms with E-state index in [4.69, 9.17) is 0 Å². The average molecular weight is 299 g/mol. The summed E-state index contributed by atoms with van der Waals surface area (Å²) in [5, 5.41) is 12.0. The number of carboxylic acids is 1. The fraction of sp³-hybridized carbons (Fsp3) is 0.867. The van der Waals surface area contributed by atoms with Crippen LogP contribution in [-0.2, 0) is 4.79 Å². The van der Waals surface area contributed by atoms with E-state index in [2.05, 4.69) is 17.1 Å². The Morgan fingerprint density at radius 1 is 1.33 bits per heavy atom. The molecule has 3 atom stereocenters. The standard InChI is InChI=1S/C15H29N3O3/c1-10(2)6-12(14(19)20)7-16-15(21)18-8-11(3)13(9-18)17(4)5/h10-13H,6-9H2,1-5H3,(H,16,21)(H,19,20). The van der Waals surface area contributed by atoms with Gasteiger partial charge in [0.15, 0.2) is 0 Å². The molecular weight excluding hydrogens is 270 g/mol. The van der Waals surface area contributed by atoms with Gasteiger partial charge in [0.1, 0.15) is 0 Å². The Morgan fingerprint density at radius 2 is 1.95 bits per heavy atom. The number of carbonyl (C=O) groups is 2. The second-order valence-corrected chi connectivity index (χ2v) is 6.76. The van der Waals surface area contributed by atoms with Crippen molar-refractivity contribution in [1.29, 1.82) is 0 Å². The lowest BCUT2D eigenvalue weighted by atomic mass is 9.97. The lowest BCUT2D eigenvalue weighted by Gasteiger charge is -2.23. The zero-order valence-electron chi connectivity index (χ0n) is 13.8. The molecule has 0 aliphatic carbocycles. The molecule has 1 saturated heterocycles. The number of urea groups is 1. The van der Waals surface area contributed by atoms with Crippen molar-refractivity contribution in [2.45, 2.75) is 33.2 Å². The summed E-state index contributed by atoms with van der Waals surface area (Å²) in [4.78, 5) is 27.3. The highest BCUT2D eigenvalue weighted by Gasteiger charge is 2.33. The minimum atomic E-state index is -0.843. The van der Waals surface area contributed by atoms with Crippen LogP contribution in [-0.4, -0.2) is 66.7 Å². The summed E-state index contributed by atoms with van der Waals surface area (Å²) in [6.07, 6.45) is 0.576. The zero-order valence-corrected chi connectivity index (χ0v) is 13.8. The van der Waals surface area contributed by atoms with E-state index in [-0.39, 0.29) is 12.6 Å². The molecule has 0 radical (unpaired) electrons. The van der Waals surface area contributed by atoms with Gasteiger partial charge in [-0.2, -0.15) is 0 Å². The van der Waals surface area contributed by atoms with Crippen LogP contribution in [0, 0.1) is 17.8 Å². The molecule has 1 heterocycles. The van der Waals surface area contributed by atoms with Crippen LogP contribution in [0.5, 0.6) is 0 Å². The van der Waals surface area contributed by atoms with Crippen LogP contribution in [0.2, 0.25) is 0 Å². The molecule has 0 aromatic rings. The molecule has 0 aromatic heterocycles. The van der Waals surface area contributed by atoms with Crippen LogP contribution in [0.1, 0.15) is 27.2 Å². The minimum absolute atomic E-state index is 0.152. The summed E-state index contributed by atoms with van der Waals surface area (Å²) in [7, 11) is 4.04. The topological polar surface area (TPSA) is 72.9 Å². The summed E-state index contributed by atoms with van der Waals surface area (Å²) in [5.74, 6) is -0.631. The number of hydrogen-bond donors (Lipinski definition) is 2. The maximum atomic E-state index is 12.2. The minimum Gasteiger partial charge on any atom is -0.481 e. The monoisotopic (exact) mass is 299 g/mol. The van der Waals surface area contributed by atoms with Crippen LogP contribution in [0.3, 0.4) is 0 Å². The molecule has 0 aromatic carbocycles. The summed E-state index contributed by atoms with van der Waals surface area (Å²) >= 11 is 0. The summed E-state index contributed by atoms with van der Waals surface area (Å²) in [6.45, 7) is 7.72. The van der Waals surface area contributed by atoms with Crippen LogP contribution >= 0.6 is 0 Å². The van der Waals surface area contributed by atoms with Crippen molar-refractivity contribution in [3.63, 3.8) is 0 Å². The average Bonchev–Trinajstić information content (AvgIpc) is 2.75. The number of carboxylic acid groups (broad SMARTS) is 1. The normalized spacial score (nSPS) is 23.7. The molecule has 1 fully saturated rings. The SMILES string of the molecule is CC(C)CC(CNC(=O)N1CC(C)C(N(C)C)C1)C(=O)O. The molecule has 122 valence electrons. The Bertz CT molecular complexity index is 371. The number of nitrogens with one attached hydrogen (secondary N) is 1. The van der Waals surface area contributed by atoms with Gasteiger partial charge >= 0.3 is 12.0 Å². The smallest absolute Gasteiger partial charge is 0.317 e. The van der Waals surface area contributed by atoms with Gasteiger partial charge in [0.05, 0.1) is 5.92 Å². The highest BCUT2D eigenvalue weighted by Crippen LogP contribution is 2.20. The molecule has 0 saturated carbocycles. The molecule has 1 aliphatic rings. The Morgan fingerprint density at radius 3 is 2.38 bits per heavy atom. The molecule has 3 unspecified atom stereocenters. The Balaban J connectivity index is 2.48. The number of amides is 2. The second-order valence-electron chi connectivity index (χ2n) is 6.76. The largest absolute Gasteiger partial charge is 0.481 e. The number of carbonyl (C=O) groups excluding carboxylic acids is 1. The van der Waals surface area contributed by atoms with Gasteiger partial charge in [-0.3, -0.25) is 4.79 Å². The van der Waals surface area contributed by atoms with E-state index in [1.54, 1.807) is 4.90 Å². The van der Waals surface area contributed by atoms with E-state index < -0.39 is 11.9 Å². The predicted octanol–water partition coefficient (Wildman–Crippen LogP) is 1.32. The van der Waals surface area contributed by atoms with Gasteiger partial charge in [-0.25, -0.2) is 4.79 Å². The predicted molar refractivity (Wildman–Crippen MR) is 82.2 cm³/mol. The molecule has 1 rings (SSSR count). The Hall–Kier alpha value is -1.30. The van der Waals surface area contributed by atoms with Crippen LogP contribution in [0.4, 0.5) is 4.79 Å². The third-order valence-corrected chi connectivity index (χ3v) is 4.13. The third-order valence-electron chi connectivity index (χ3n) is 4.13. The molecule has 2 amide bonds. The van der Waals surface area contributed by atoms with E-state index in [9.17, 15) is 14.7 Å². The quantitative estimate of drug-likeness (QED) is 0.776. The first-order valence-corrected chi connectivity index (χ1v) is 7.64. The molecule has 1 aliphatic heterocycles. The lowest BCUT2D eigenvalue weighted by Crippen LogP contribution is -2.43. The first kappa shape index (κ1) is 17.8. The Kier molecular flexibility index (Phi) is 6.45. The maximum absolute atomic E-state index is 12.2. The highest BCUT2D eigenvalue weighted by molar-refractivity contribution is 5.76. The zero-order chi connectivity index (χ0) is 16.2. The van der Waals surface area contributed by atoms with Gasteiger partial charge in [-0.15, -0.1) is 0 Å². The fourth-order valence-corrected chi connectivity index (χ4v) is 2.95. The van der Waals surface area contributed by atoms with Crippen molar-refractivity contribution < 1.29 is 14.7 Å². The van der Waals surface area contributed by atoms with Gasteiger partial charge in [0.25, 0.3) is 0 Å². The molecule has 6 nitrogen and oxygen atoms in total. The van der Waals surface area contributed by atoms with Crippen LogP contribution in [0.25, 0.3) is 0 Å². The van der Waals surface area contributed by atoms with Crippen molar-refractivity contribution in [3.05, 3.63) is 0 Å². The number of likely N-dealkylation sites (tertiary alicyclic amines) is 1. The van der Waals surface area contributed by atoms with Gasteiger partial charge in [-0.1, -0.05) is 20.8 Å². The summed E-state index contributed by atoms with van der Waals surface area (Å²) in [6, 6.07) is 0.211. The Labute approximate surface area is 127 Å².